The van der Waals surface area contributed by atoms with Gasteiger partial charge in [0, 0.05) is 50.9 Å². The Labute approximate surface area is 132 Å². The summed E-state index contributed by atoms with van der Waals surface area (Å²) in [6, 6.07) is 8.44. The Morgan fingerprint density at radius 2 is 2.14 bits per heavy atom. The molecule has 0 aliphatic carbocycles. The van der Waals surface area contributed by atoms with E-state index in [0.717, 1.165) is 58.0 Å². The molecule has 5 nitrogen and oxygen atoms in total. The highest BCUT2D eigenvalue weighted by Gasteiger charge is 2.22. The van der Waals surface area contributed by atoms with Gasteiger partial charge in [-0.2, -0.15) is 0 Å². The molecular weight excluding hydrogens is 278 g/mol. The van der Waals surface area contributed by atoms with Crippen LogP contribution in [0.25, 0.3) is 0 Å². The molecule has 0 saturated carbocycles. The molecule has 0 unspecified atom stereocenters. The molecule has 1 N–H and O–H groups in total. The van der Waals surface area contributed by atoms with Crippen LogP contribution in [-0.2, 0) is 11.3 Å². The van der Waals surface area contributed by atoms with Crippen LogP contribution < -0.4 is 5.32 Å². The predicted molar refractivity (Wildman–Crippen MR) is 85.9 cm³/mol. The summed E-state index contributed by atoms with van der Waals surface area (Å²) in [5.41, 5.74) is 2.01. The molecule has 1 aromatic rings. The summed E-state index contributed by atoms with van der Waals surface area (Å²) in [4.78, 5) is 17.0. The van der Waals surface area contributed by atoms with Crippen LogP contribution in [0, 0.1) is 0 Å². The van der Waals surface area contributed by atoms with Crippen LogP contribution in [0.15, 0.2) is 24.3 Å². The maximum Gasteiger partial charge on any atom is 0.253 e. The van der Waals surface area contributed by atoms with Crippen molar-refractivity contribution in [3.05, 3.63) is 35.4 Å². The lowest BCUT2D eigenvalue weighted by Gasteiger charge is -2.32. The third-order valence-corrected chi connectivity index (χ3v) is 4.34. The molecule has 120 valence electrons. The minimum absolute atomic E-state index is 0.150. The van der Waals surface area contributed by atoms with Gasteiger partial charge in [0.15, 0.2) is 0 Å². The lowest BCUT2D eigenvalue weighted by Crippen LogP contribution is -2.51. The number of nitrogens with one attached hydrogen (secondary N) is 1. The molecule has 1 amide bonds. The Kier molecular flexibility index (Phi) is 5.08. The number of morpholine rings is 1. The summed E-state index contributed by atoms with van der Waals surface area (Å²) in [6.45, 7) is 9.00. The van der Waals surface area contributed by atoms with E-state index < -0.39 is 0 Å². The summed E-state index contributed by atoms with van der Waals surface area (Å²) in [7, 11) is 0. The zero-order valence-corrected chi connectivity index (χ0v) is 13.3. The van der Waals surface area contributed by atoms with Crippen molar-refractivity contribution in [2.75, 3.05) is 45.9 Å². The number of carbonyl (C=O) groups excluding carboxylic acids is 1. The van der Waals surface area contributed by atoms with Crippen LogP contribution in [0.1, 0.15) is 22.8 Å². The van der Waals surface area contributed by atoms with E-state index in [1.54, 1.807) is 0 Å². The Morgan fingerprint density at radius 3 is 2.91 bits per heavy atom. The summed E-state index contributed by atoms with van der Waals surface area (Å²) in [5, 5.41) is 3.37. The molecule has 22 heavy (non-hydrogen) atoms. The SMILES string of the molecule is C[C@@H]1CN(C(=O)c2cccc(CN3CCOCC3)c2)CCN1. The molecule has 2 saturated heterocycles. The lowest BCUT2D eigenvalue weighted by atomic mass is 10.1. The minimum atomic E-state index is 0.150. The Hall–Kier alpha value is -1.43. The first-order chi connectivity index (χ1) is 10.7. The monoisotopic (exact) mass is 303 g/mol. The van der Waals surface area contributed by atoms with Crippen LogP contribution in [0.2, 0.25) is 0 Å². The van der Waals surface area contributed by atoms with Crippen molar-refractivity contribution < 1.29 is 9.53 Å². The number of carbonyl (C=O) groups is 1. The second-order valence-corrected chi connectivity index (χ2v) is 6.20. The smallest absolute Gasteiger partial charge is 0.253 e. The highest BCUT2D eigenvalue weighted by atomic mass is 16.5. The predicted octanol–water partition coefficient (Wildman–Crippen LogP) is 0.953. The average Bonchev–Trinajstić information content (AvgIpc) is 2.55. The Balaban J connectivity index is 1.66. The molecule has 3 rings (SSSR count). The van der Waals surface area contributed by atoms with Gasteiger partial charge < -0.3 is 15.0 Å². The van der Waals surface area contributed by atoms with E-state index in [9.17, 15) is 4.79 Å². The first-order valence-corrected chi connectivity index (χ1v) is 8.14. The van der Waals surface area contributed by atoms with Crippen molar-refractivity contribution in [3.63, 3.8) is 0 Å². The number of piperazine rings is 1. The van der Waals surface area contributed by atoms with Gasteiger partial charge >= 0.3 is 0 Å². The topological polar surface area (TPSA) is 44.8 Å². The van der Waals surface area contributed by atoms with Gasteiger partial charge in [0.25, 0.3) is 5.91 Å². The molecule has 0 aromatic heterocycles. The molecule has 5 heteroatoms. The van der Waals surface area contributed by atoms with E-state index in [-0.39, 0.29) is 5.91 Å². The van der Waals surface area contributed by atoms with Gasteiger partial charge in [0.1, 0.15) is 0 Å². The summed E-state index contributed by atoms with van der Waals surface area (Å²) >= 11 is 0. The van der Waals surface area contributed by atoms with Crippen molar-refractivity contribution in [1.29, 1.82) is 0 Å². The van der Waals surface area contributed by atoms with Crippen molar-refractivity contribution in [2.45, 2.75) is 19.5 Å². The van der Waals surface area contributed by atoms with Crippen molar-refractivity contribution >= 4 is 5.91 Å². The molecular formula is C17H25N3O2. The van der Waals surface area contributed by atoms with Crippen LogP contribution in [-0.4, -0.2) is 67.7 Å². The molecule has 1 atom stereocenters. The van der Waals surface area contributed by atoms with Gasteiger partial charge in [-0.25, -0.2) is 0 Å². The zero-order valence-electron chi connectivity index (χ0n) is 13.3. The second kappa shape index (κ2) is 7.22. The molecule has 0 spiro atoms. The number of amides is 1. The minimum Gasteiger partial charge on any atom is -0.379 e. The molecule has 1 aromatic carbocycles. The highest BCUT2D eigenvalue weighted by Crippen LogP contribution is 2.13. The fourth-order valence-corrected chi connectivity index (χ4v) is 3.12. The summed E-state index contributed by atoms with van der Waals surface area (Å²) in [5.74, 6) is 0.150. The second-order valence-electron chi connectivity index (χ2n) is 6.20. The van der Waals surface area contributed by atoms with Crippen LogP contribution in [0.3, 0.4) is 0 Å². The highest BCUT2D eigenvalue weighted by molar-refractivity contribution is 5.94. The molecule has 2 aliphatic heterocycles. The maximum absolute atomic E-state index is 12.7. The third kappa shape index (κ3) is 3.85. The van der Waals surface area contributed by atoms with Crippen LogP contribution >= 0.6 is 0 Å². The molecule has 0 radical (unpaired) electrons. The number of benzene rings is 1. The Bertz CT molecular complexity index is 514. The Morgan fingerprint density at radius 1 is 1.32 bits per heavy atom. The van der Waals surface area contributed by atoms with Gasteiger partial charge in [-0.1, -0.05) is 12.1 Å². The first kappa shape index (κ1) is 15.5. The standard InChI is InChI=1S/C17H25N3O2/c1-14-12-20(6-5-18-14)17(21)16-4-2-3-15(11-16)13-19-7-9-22-10-8-19/h2-4,11,14,18H,5-10,12-13H2,1H3/t14-/m1/s1. The van der Waals surface area contributed by atoms with Gasteiger partial charge in [-0.05, 0) is 24.6 Å². The third-order valence-electron chi connectivity index (χ3n) is 4.34. The average molecular weight is 303 g/mol. The zero-order chi connectivity index (χ0) is 15.4. The fraction of sp³-hybridized carbons (Fsp3) is 0.588. The van der Waals surface area contributed by atoms with E-state index in [1.165, 1.54) is 5.56 Å². The number of hydrogen-bond acceptors (Lipinski definition) is 4. The van der Waals surface area contributed by atoms with E-state index in [0.29, 0.717) is 6.04 Å². The summed E-state index contributed by atoms with van der Waals surface area (Å²) < 4.78 is 5.38. The first-order valence-electron chi connectivity index (χ1n) is 8.14. The van der Waals surface area contributed by atoms with E-state index in [2.05, 4.69) is 23.2 Å². The lowest BCUT2D eigenvalue weighted by molar-refractivity contribution is 0.0341. The van der Waals surface area contributed by atoms with Crippen molar-refractivity contribution in [2.24, 2.45) is 0 Å². The molecule has 2 aliphatic rings. The van der Waals surface area contributed by atoms with Gasteiger partial charge in [-0.3, -0.25) is 9.69 Å². The quantitative estimate of drug-likeness (QED) is 0.903. The molecule has 2 fully saturated rings. The van der Waals surface area contributed by atoms with Crippen LogP contribution in [0.4, 0.5) is 0 Å². The van der Waals surface area contributed by atoms with Crippen molar-refractivity contribution in [3.8, 4) is 0 Å². The van der Waals surface area contributed by atoms with E-state index in [4.69, 9.17) is 4.74 Å². The normalized spacial score (nSPS) is 23.5. The van der Waals surface area contributed by atoms with Gasteiger partial charge in [-0.15, -0.1) is 0 Å². The van der Waals surface area contributed by atoms with Crippen molar-refractivity contribution in [1.82, 2.24) is 15.1 Å². The number of nitrogens with zero attached hydrogens (tertiary/aromatic N) is 2. The fourth-order valence-electron chi connectivity index (χ4n) is 3.12. The maximum atomic E-state index is 12.7. The molecule has 0 bridgehead atoms. The number of rotatable bonds is 3. The van der Waals surface area contributed by atoms with Gasteiger partial charge in [0.2, 0.25) is 0 Å². The number of hydrogen-bond donors (Lipinski definition) is 1. The largest absolute Gasteiger partial charge is 0.379 e. The number of ether oxygens (including phenoxy) is 1. The van der Waals surface area contributed by atoms with Crippen LogP contribution in [0.5, 0.6) is 0 Å². The van der Waals surface area contributed by atoms with E-state index in [1.807, 2.05) is 23.1 Å². The molecule has 2 heterocycles. The summed E-state index contributed by atoms with van der Waals surface area (Å²) in [6.07, 6.45) is 0. The van der Waals surface area contributed by atoms with Gasteiger partial charge in [0.05, 0.1) is 13.2 Å². The van der Waals surface area contributed by atoms with E-state index >= 15 is 0 Å².